The quantitative estimate of drug-likeness (QED) is 0.443. The monoisotopic (exact) mass is 430 g/mol. The van der Waals surface area contributed by atoms with Gasteiger partial charge in [-0.3, -0.25) is 9.59 Å². The van der Waals surface area contributed by atoms with Gasteiger partial charge in [0, 0.05) is 16.9 Å². The van der Waals surface area contributed by atoms with Crippen molar-refractivity contribution in [3.8, 4) is 5.75 Å². The maximum Gasteiger partial charge on any atom is 0.262 e. The van der Waals surface area contributed by atoms with Crippen molar-refractivity contribution in [3.63, 3.8) is 0 Å². The molecule has 0 unspecified atom stereocenters. The number of ether oxygens (including phenoxy) is 1. The number of aryl methyl sites for hydroxylation is 3. The van der Waals surface area contributed by atoms with Crippen molar-refractivity contribution in [3.05, 3.63) is 89.0 Å². The van der Waals surface area contributed by atoms with Crippen molar-refractivity contribution in [1.82, 2.24) is 0 Å². The summed E-state index contributed by atoms with van der Waals surface area (Å²) in [7, 11) is 0. The van der Waals surface area contributed by atoms with Gasteiger partial charge in [-0.05, 0) is 85.8 Å². The summed E-state index contributed by atoms with van der Waals surface area (Å²) in [5.74, 6) is 0.103. The Balaban J connectivity index is 1.50. The maximum absolute atomic E-state index is 12.5. The van der Waals surface area contributed by atoms with Crippen LogP contribution in [0.25, 0.3) is 0 Å². The molecule has 5 nitrogen and oxygen atoms in total. The van der Waals surface area contributed by atoms with Crippen LogP contribution in [0.5, 0.6) is 5.75 Å². The highest BCUT2D eigenvalue weighted by Gasteiger charge is 2.09. The van der Waals surface area contributed by atoms with Gasteiger partial charge in [0.05, 0.1) is 0 Å². The van der Waals surface area contributed by atoms with Crippen molar-refractivity contribution in [2.75, 3.05) is 17.2 Å². The molecule has 0 aliphatic rings. The van der Waals surface area contributed by atoms with Crippen LogP contribution in [0.1, 0.15) is 46.8 Å². The average Bonchev–Trinajstić information content (AvgIpc) is 2.80. The molecule has 2 N–H and O–H groups in total. The van der Waals surface area contributed by atoms with Gasteiger partial charge in [-0.2, -0.15) is 0 Å². The van der Waals surface area contributed by atoms with E-state index in [1.54, 1.807) is 24.3 Å². The lowest BCUT2D eigenvalue weighted by Crippen LogP contribution is -2.20. The smallest absolute Gasteiger partial charge is 0.262 e. The first kappa shape index (κ1) is 23.1. The Hall–Kier alpha value is -3.60. The van der Waals surface area contributed by atoms with Gasteiger partial charge in [0.2, 0.25) is 0 Å². The lowest BCUT2D eigenvalue weighted by molar-refractivity contribution is -0.118. The normalized spacial score (nSPS) is 10.5. The summed E-state index contributed by atoms with van der Waals surface area (Å²) in [6.45, 7) is 5.99. The molecule has 166 valence electrons. The van der Waals surface area contributed by atoms with Crippen LogP contribution in [0.3, 0.4) is 0 Å². The van der Waals surface area contributed by atoms with E-state index in [1.807, 2.05) is 56.3 Å². The van der Waals surface area contributed by atoms with Gasteiger partial charge in [-0.25, -0.2) is 0 Å². The Morgan fingerprint density at radius 2 is 1.59 bits per heavy atom. The minimum atomic E-state index is -0.233. The second-order valence-electron chi connectivity index (χ2n) is 7.93. The molecule has 3 aromatic rings. The van der Waals surface area contributed by atoms with Gasteiger partial charge in [0.1, 0.15) is 5.75 Å². The van der Waals surface area contributed by atoms with E-state index < -0.39 is 0 Å². The number of anilines is 2. The Morgan fingerprint density at radius 1 is 0.875 bits per heavy atom. The molecule has 0 aliphatic heterocycles. The molecular weight excluding hydrogens is 400 g/mol. The third-order valence-electron chi connectivity index (χ3n) is 5.18. The van der Waals surface area contributed by atoms with Gasteiger partial charge < -0.3 is 15.4 Å². The molecule has 0 fully saturated rings. The van der Waals surface area contributed by atoms with Gasteiger partial charge >= 0.3 is 0 Å². The zero-order valence-electron chi connectivity index (χ0n) is 18.9. The van der Waals surface area contributed by atoms with Gasteiger partial charge in [0.15, 0.2) is 6.61 Å². The number of amides is 2. The molecule has 0 spiro atoms. The van der Waals surface area contributed by atoms with E-state index in [0.29, 0.717) is 11.3 Å². The number of hydrogen-bond acceptors (Lipinski definition) is 3. The molecule has 32 heavy (non-hydrogen) atoms. The van der Waals surface area contributed by atoms with Crippen LogP contribution in [0.2, 0.25) is 0 Å². The van der Waals surface area contributed by atoms with E-state index in [0.717, 1.165) is 41.8 Å². The molecule has 0 saturated heterocycles. The highest BCUT2D eigenvalue weighted by molar-refractivity contribution is 6.04. The standard InChI is InChI=1S/C27H30N2O3/c1-4-5-6-21-9-13-23(14-10-21)28-27(31)22-11-15-24(16-12-22)32-18-26(30)29-25-17-19(2)7-8-20(25)3/h7-17H,4-6,18H2,1-3H3,(H,28,31)(H,29,30). The largest absolute Gasteiger partial charge is 0.484 e. The second kappa shape index (κ2) is 11.1. The first-order valence-corrected chi connectivity index (χ1v) is 10.9. The predicted molar refractivity (Wildman–Crippen MR) is 129 cm³/mol. The van der Waals surface area contributed by atoms with Crippen LogP contribution in [-0.2, 0) is 11.2 Å². The van der Waals surface area contributed by atoms with Crippen molar-refractivity contribution in [2.24, 2.45) is 0 Å². The third-order valence-corrected chi connectivity index (χ3v) is 5.18. The second-order valence-corrected chi connectivity index (χ2v) is 7.93. The maximum atomic E-state index is 12.5. The molecule has 0 aliphatic carbocycles. The lowest BCUT2D eigenvalue weighted by Gasteiger charge is -2.11. The Morgan fingerprint density at radius 3 is 2.28 bits per heavy atom. The van der Waals surface area contributed by atoms with Crippen LogP contribution in [0, 0.1) is 13.8 Å². The first-order chi connectivity index (χ1) is 15.4. The topological polar surface area (TPSA) is 67.4 Å². The molecule has 3 rings (SSSR count). The summed E-state index contributed by atoms with van der Waals surface area (Å²) < 4.78 is 5.56. The van der Waals surface area contributed by atoms with Crippen molar-refractivity contribution in [2.45, 2.75) is 40.0 Å². The number of carbonyl (C=O) groups is 2. The molecular formula is C27H30N2O3. The molecule has 0 aromatic heterocycles. The van der Waals surface area contributed by atoms with E-state index in [4.69, 9.17) is 4.74 Å². The van der Waals surface area contributed by atoms with Gasteiger partial charge in [-0.1, -0.05) is 37.6 Å². The number of carbonyl (C=O) groups excluding carboxylic acids is 2. The minimum absolute atomic E-state index is 0.108. The Kier molecular flexibility index (Phi) is 8.03. The molecule has 0 radical (unpaired) electrons. The summed E-state index contributed by atoms with van der Waals surface area (Å²) in [5, 5.41) is 5.77. The number of hydrogen-bond donors (Lipinski definition) is 2. The molecule has 5 heteroatoms. The molecule has 2 amide bonds. The van der Waals surface area contributed by atoms with Crippen LogP contribution < -0.4 is 15.4 Å². The fourth-order valence-corrected chi connectivity index (χ4v) is 3.25. The van der Waals surface area contributed by atoms with Gasteiger partial charge in [-0.15, -0.1) is 0 Å². The highest BCUT2D eigenvalue weighted by atomic mass is 16.5. The first-order valence-electron chi connectivity index (χ1n) is 10.9. The van der Waals surface area contributed by atoms with Crippen molar-refractivity contribution >= 4 is 23.2 Å². The number of rotatable bonds is 9. The average molecular weight is 431 g/mol. The SMILES string of the molecule is CCCCc1ccc(NC(=O)c2ccc(OCC(=O)Nc3cc(C)ccc3C)cc2)cc1. The summed E-state index contributed by atoms with van der Waals surface area (Å²) in [4.78, 5) is 24.7. The van der Waals surface area contributed by atoms with Crippen LogP contribution in [0.15, 0.2) is 66.7 Å². The highest BCUT2D eigenvalue weighted by Crippen LogP contribution is 2.18. The number of benzene rings is 3. The molecule has 3 aromatic carbocycles. The van der Waals surface area contributed by atoms with E-state index in [1.165, 1.54) is 5.56 Å². The van der Waals surface area contributed by atoms with Crippen molar-refractivity contribution in [1.29, 1.82) is 0 Å². The summed E-state index contributed by atoms with van der Waals surface area (Å²) >= 11 is 0. The van der Waals surface area contributed by atoms with Crippen LogP contribution in [-0.4, -0.2) is 18.4 Å². The summed E-state index contributed by atoms with van der Waals surface area (Å²) in [5.41, 5.74) is 5.41. The summed E-state index contributed by atoms with van der Waals surface area (Å²) in [6.07, 6.45) is 3.37. The predicted octanol–water partition coefficient (Wildman–Crippen LogP) is 5.92. The van der Waals surface area contributed by atoms with Crippen LogP contribution >= 0.6 is 0 Å². The number of nitrogens with one attached hydrogen (secondary N) is 2. The van der Waals surface area contributed by atoms with E-state index in [9.17, 15) is 9.59 Å². The minimum Gasteiger partial charge on any atom is -0.484 e. The Bertz CT molecular complexity index is 1060. The van der Waals surface area contributed by atoms with E-state index >= 15 is 0 Å². The third kappa shape index (κ3) is 6.71. The molecule has 0 saturated carbocycles. The number of unbranched alkanes of at least 4 members (excludes halogenated alkanes) is 1. The van der Waals surface area contributed by atoms with Gasteiger partial charge in [0.25, 0.3) is 11.8 Å². The molecule has 0 atom stereocenters. The fraction of sp³-hybridized carbons (Fsp3) is 0.259. The zero-order chi connectivity index (χ0) is 22.9. The lowest BCUT2D eigenvalue weighted by atomic mass is 10.1. The van der Waals surface area contributed by atoms with Crippen molar-refractivity contribution < 1.29 is 14.3 Å². The molecule has 0 bridgehead atoms. The van der Waals surface area contributed by atoms with E-state index in [2.05, 4.69) is 17.6 Å². The molecule has 0 heterocycles. The Labute approximate surface area is 189 Å². The van der Waals surface area contributed by atoms with E-state index in [-0.39, 0.29) is 18.4 Å². The zero-order valence-corrected chi connectivity index (χ0v) is 18.9. The van der Waals surface area contributed by atoms with Crippen LogP contribution in [0.4, 0.5) is 11.4 Å². The summed E-state index contributed by atoms with van der Waals surface area (Å²) in [6, 6.07) is 20.6. The fourth-order valence-electron chi connectivity index (χ4n) is 3.25.